The molecule has 1 aromatic heterocycles. The van der Waals surface area contributed by atoms with E-state index in [9.17, 15) is 8.42 Å². The molecular weight excluding hydrogens is 368 g/mol. The predicted octanol–water partition coefficient (Wildman–Crippen LogP) is 1.37. The lowest BCUT2D eigenvalue weighted by atomic mass is 10.3. The lowest BCUT2D eigenvalue weighted by Crippen LogP contribution is -3.15. The molecule has 1 N–H and O–H groups in total. The predicted molar refractivity (Wildman–Crippen MR) is 95.6 cm³/mol. The molecule has 0 bridgehead atoms. The van der Waals surface area contributed by atoms with Gasteiger partial charge in [-0.05, 0) is 35.7 Å². The monoisotopic (exact) mass is 387 g/mol. The number of nitrogens with zero attached hydrogens (tertiary/aromatic N) is 1. The van der Waals surface area contributed by atoms with Crippen molar-refractivity contribution >= 4 is 33.0 Å². The minimum absolute atomic E-state index is 0.428. The number of hydrogen-bond acceptors (Lipinski definition) is 4. The minimum atomic E-state index is -3.31. The van der Waals surface area contributed by atoms with Gasteiger partial charge < -0.3 is 9.64 Å². The highest BCUT2D eigenvalue weighted by molar-refractivity contribution is 7.91. The fraction of sp³-hybridized carbons (Fsp3) is 0.375. The molecular formula is C16H20ClN2O3S2+. The number of hydrogen-bond donors (Lipinski definition) is 1. The zero-order chi connectivity index (χ0) is 17.0. The lowest BCUT2D eigenvalue weighted by Gasteiger charge is -2.31. The third kappa shape index (κ3) is 4.29. The van der Waals surface area contributed by atoms with E-state index in [1.165, 1.54) is 16.2 Å². The standard InChI is InChI=1S/C16H19ClN2O3S2/c17-14-3-5-15(6-4-14)22-12-11-18-7-9-19(10-8-18)24(20,21)16-2-1-13-23-16/h1-6,13H,7-12H2/p+1. The van der Waals surface area contributed by atoms with Crippen molar-refractivity contribution in [2.45, 2.75) is 4.21 Å². The summed E-state index contributed by atoms with van der Waals surface area (Å²) in [4.78, 5) is 1.36. The van der Waals surface area contributed by atoms with Crippen LogP contribution < -0.4 is 9.64 Å². The molecule has 2 aromatic rings. The lowest BCUT2D eigenvalue weighted by molar-refractivity contribution is -0.903. The molecule has 1 fully saturated rings. The fourth-order valence-electron chi connectivity index (χ4n) is 2.67. The normalized spacial score (nSPS) is 17.0. The first-order valence-electron chi connectivity index (χ1n) is 7.81. The van der Waals surface area contributed by atoms with Crippen LogP contribution in [0.2, 0.25) is 5.02 Å². The highest BCUT2D eigenvalue weighted by Gasteiger charge is 2.30. The zero-order valence-electron chi connectivity index (χ0n) is 13.2. The Morgan fingerprint density at radius 3 is 2.50 bits per heavy atom. The number of quaternary nitrogens is 1. The number of benzene rings is 1. The Morgan fingerprint density at radius 2 is 1.88 bits per heavy atom. The molecule has 1 aliphatic rings. The van der Waals surface area contributed by atoms with Crippen molar-refractivity contribution in [1.82, 2.24) is 4.31 Å². The van der Waals surface area contributed by atoms with Crippen LogP contribution in [-0.2, 0) is 10.0 Å². The van der Waals surface area contributed by atoms with Gasteiger partial charge in [0.05, 0.1) is 26.2 Å². The number of ether oxygens (including phenoxy) is 1. The van der Waals surface area contributed by atoms with E-state index in [1.54, 1.807) is 34.0 Å². The molecule has 0 atom stereocenters. The van der Waals surface area contributed by atoms with Crippen molar-refractivity contribution in [3.63, 3.8) is 0 Å². The molecule has 2 heterocycles. The topological polar surface area (TPSA) is 51.0 Å². The van der Waals surface area contributed by atoms with Gasteiger partial charge in [0, 0.05) is 5.02 Å². The van der Waals surface area contributed by atoms with Crippen LogP contribution in [-0.4, -0.2) is 52.1 Å². The zero-order valence-corrected chi connectivity index (χ0v) is 15.5. The largest absolute Gasteiger partial charge is 0.488 e. The second-order valence-corrected chi connectivity index (χ2v) is 9.19. The van der Waals surface area contributed by atoms with Crippen molar-refractivity contribution in [3.05, 3.63) is 46.8 Å². The van der Waals surface area contributed by atoms with Crippen LogP contribution in [0.15, 0.2) is 46.0 Å². The number of rotatable bonds is 6. The summed E-state index contributed by atoms with van der Waals surface area (Å²) >= 11 is 7.11. The quantitative estimate of drug-likeness (QED) is 0.814. The molecule has 130 valence electrons. The average molecular weight is 388 g/mol. The Hall–Kier alpha value is -1.12. The molecule has 3 rings (SSSR count). The van der Waals surface area contributed by atoms with Gasteiger partial charge in [0.15, 0.2) is 0 Å². The fourth-order valence-corrected chi connectivity index (χ4v) is 5.39. The van der Waals surface area contributed by atoms with Crippen molar-refractivity contribution in [2.24, 2.45) is 0 Å². The van der Waals surface area contributed by atoms with Gasteiger partial charge in [-0.2, -0.15) is 4.31 Å². The summed E-state index contributed by atoms with van der Waals surface area (Å²) in [6, 6.07) is 10.7. The van der Waals surface area contributed by atoms with Crippen molar-refractivity contribution in [1.29, 1.82) is 0 Å². The maximum atomic E-state index is 12.5. The van der Waals surface area contributed by atoms with E-state index in [2.05, 4.69) is 0 Å². The summed E-state index contributed by atoms with van der Waals surface area (Å²) in [5.41, 5.74) is 0. The van der Waals surface area contributed by atoms with Gasteiger partial charge in [-0.3, -0.25) is 0 Å². The minimum Gasteiger partial charge on any atom is -0.488 e. The molecule has 1 aromatic carbocycles. The Kier molecular flexibility index (Phi) is 5.78. The van der Waals surface area contributed by atoms with Crippen LogP contribution in [0.1, 0.15) is 0 Å². The molecule has 0 aliphatic carbocycles. The molecule has 0 saturated carbocycles. The summed E-state index contributed by atoms with van der Waals surface area (Å²) in [5.74, 6) is 0.803. The number of nitrogens with one attached hydrogen (secondary N) is 1. The third-order valence-electron chi connectivity index (χ3n) is 4.06. The highest BCUT2D eigenvalue weighted by atomic mass is 35.5. The van der Waals surface area contributed by atoms with E-state index in [0.29, 0.717) is 28.9 Å². The molecule has 0 amide bonds. The maximum absolute atomic E-state index is 12.5. The van der Waals surface area contributed by atoms with E-state index in [-0.39, 0.29) is 0 Å². The summed E-state index contributed by atoms with van der Waals surface area (Å²) in [7, 11) is -3.31. The summed E-state index contributed by atoms with van der Waals surface area (Å²) in [6.45, 7) is 4.17. The molecule has 0 spiro atoms. The van der Waals surface area contributed by atoms with Gasteiger partial charge >= 0.3 is 0 Å². The molecule has 1 saturated heterocycles. The Balaban J connectivity index is 1.45. The van der Waals surface area contributed by atoms with Crippen molar-refractivity contribution in [2.75, 3.05) is 39.3 Å². The highest BCUT2D eigenvalue weighted by Crippen LogP contribution is 2.20. The van der Waals surface area contributed by atoms with Crippen LogP contribution in [0.3, 0.4) is 0 Å². The maximum Gasteiger partial charge on any atom is 0.252 e. The van der Waals surface area contributed by atoms with E-state index in [4.69, 9.17) is 16.3 Å². The van der Waals surface area contributed by atoms with Crippen LogP contribution in [0, 0.1) is 0 Å². The van der Waals surface area contributed by atoms with E-state index < -0.39 is 10.0 Å². The van der Waals surface area contributed by atoms with Crippen molar-refractivity contribution in [3.8, 4) is 5.75 Å². The van der Waals surface area contributed by atoms with Crippen molar-refractivity contribution < 1.29 is 18.1 Å². The molecule has 1 aliphatic heterocycles. The summed E-state index contributed by atoms with van der Waals surface area (Å²) < 4.78 is 32.7. The summed E-state index contributed by atoms with van der Waals surface area (Å²) in [5, 5.41) is 2.48. The number of piperazine rings is 1. The number of thiophene rings is 1. The Morgan fingerprint density at radius 1 is 1.17 bits per heavy atom. The first-order chi connectivity index (χ1) is 11.6. The Bertz CT molecular complexity index is 740. The van der Waals surface area contributed by atoms with Crippen LogP contribution >= 0.6 is 22.9 Å². The van der Waals surface area contributed by atoms with E-state index in [1.807, 2.05) is 12.1 Å². The molecule has 8 heteroatoms. The van der Waals surface area contributed by atoms with Gasteiger partial charge in [0.25, 0.3) is 10.0 Å². The van der Waals surface area contributed by atoms with Crippen LogP contribution in [0.4, 0.5) is 0 Å². The average Bonchev–Trinajstić information content (AvgIpc) is 3.13. The molecule has 0 radical (unpaired) electrons. The van der Waals surface area contributed by atoms with Gasteiger partial charge in [-0.25, -0.2) is 8.42 Å². The molecule has 0 unspecified atom stereocenters. The second kappa shape index (κ2) is 7.84. The summed E-state index contributed by atoms with van der Waals surface area (Å²) in [6.07, 6.45) is 0. The van der Waals surface area contributed by atoms with Gasteiger partial charge in [-0.15, -0.1) is 11.3 Å². The molecule has 24 heavy (non-hydrogen) atoms. The molecule has 5 nitrogen and oxygen atoms in total. The number of sulfonamides is 1. The first kappa shape index (κ1) is 17.7. The van der Waals surface area contributed by atoms with Gasteiger partial charge in [0.1, 0.15) is 23.1 Å². The van der Waals surface area contributed by atoms with Gasteiger partial charge in [0.2, 0.25) is 0 Å². The van der Waals surface area contributed by atoms with Gasteiger partial charge in [-0.1, -0.05) is 17.7 Å². The SMILES string of the molecule is O=S(=O)(c1cccs1)N1CC[NH+](CCOc2ccc(Cl)cc2)CC1. The van der Waals surface area contributed by atoms with Crippen LogP contribution in [0.25, 0.3) is 0 Å². The smallest absolute Gasteiger partial charge is 0.252 e. The second-order valence-electron chi connectivity index (χ2n) is 5.64. The number of halogens is 1. The van der Waals surface area contributed by atoms with E-state index >= 15 is 0 Å². The van der Waals surface area contributed by atoms with Crippen LogP contribution in [0.5, 0.6) is 5.75 Å². The first-order valence-corrected chi connectivity index (χ1v) is 10.5. The third-order valence-corrected chi connectivity index (χ3v) is 7.58. The van der Waals surface area contributed by atoms with E-state index in [0.717, 1.165) is 25.4 Å². The Labute approximate surface area is 151 Å².